The van der Waals surface area contributed by atoms with Gasteiger partial charge in [0.25, 0.3) is 0 Å². The number of pyridine rings is 1. The molecular weight excluding hydrogens is 326 g/mol. The van der Waals surface area contributed by atoms with Crippen LogP contribution in [0.4, 0.5) is 0 Å². The first-order chi connectivity index (χ1) is 10.2. The topological polar surface area (TPSA) is 22.1 Å². The molecule has 3 rings (SSSR count). The highest BCUT2D eigenvalue weighted by atomic mass is 79.9. The summed E-state index contributed by atoms with van der Waals surface area (Å²) in [6.07, 6.45) is 8.54. The van der Waals surface area contributed by atoms with Gasteiger partial charge in [0.1, 0.15) is 5.75 Å². The van der Waals surface area contributed by atoms with Gasteiger partial charge in [-0.15, -0.1) is 0 Å². The van der Waals surface area contributed by atoms with Crippen LogP contribution in [-0.4, -0.2) is 11.1 Å². The molecule has 1 heterocycles. The quantitative estimate of drug-likeness (QED) is 0.715. The highest BCUT2D eigenvalue weighted by molar-refractivity contribution is 9.10. The summed E-state index contributed by atoms with van der Waals surface area (Å²) in [5.74, 6) is 1.85. The van der Waals surface area contributed by atoms with Gasteiger partial charge in [0.15, 0.2) is 0 Å². The first kappa shape index (κ1) is 14.8. The van der Waals surface area contributed by atoms with E-state index < -0.39 is 0 Å². The van der Waals surface area contributed by atoms with Crippen molar-refractivity contribution in [2.24, 2.45) is 5.92 Å². The molecule has 1 fully saturated rings. The first-order valence-electron chi connectivity index (χ1n) is 7.89. The molecule has 0 atom stereocenters. The zero-order valence-electron chi connectivity index (χ0n) is 12.7. The van der Waals surface area contributed by atoms with Gasteiger partial charge in [-0.2, -0.15) is 0 Å². The molecule has 0 aliphatic heterocycles. The van der Waals surface area contributed by atoms with Crippen LogP contribution < -0.4 is 4.74 Å². The molecule has 3 heteroatoms. The normalized spacial score (nSPS) is 22.4. The number of fused-ring (bicyclic) bond motifs is 1. The molecule has 0 radical (unpaired) electrons. The highest BCUT2D eigenvalue weighted by Gasteiger charge is 2.22. The molecule has 1 aromatic heterocycles. The fraction of sp³-hybridized carbons (Fsp3) is 0.500. The summed E-state index contributed by atoms with van der Waals surface area (Å²) in [6, 6.07) is 6.32. The van der Waals surface area contributed by atoms with Crippen LogP contribution >= 0.6 is 15.9 Å². The van der Waals surface area contributed by atoms with Crippen molar-refractivity contribution < 1.29 is 4.74 Å². The van der Waals surface area contributed by atoms with Gasteiger partial charge in [0, 0.05) is 17.3 Å². The molecule has 0 unspecified atom stereocenters. The minimum atomic E-state index is 0.361. The lowest BCUT2D eigenvalue weighted by Gasteiger charge is -2.28. The fourth-order valence-electron chi connectivity index (χ4n) is 3.20. The van der Waals surface area contributed by atoms with E-state index in [2.05, 4.69) is 46.0 Å². The molecule has 1 aliphatic rings. The van der Waals surface area contributed by atoms with Crippen molar-refractivity contribution in [1.29, 1.82) is 0 Å². The Morgan fingerprint density at radius 3 is 2.71 bits per heavy atom. The van der Waals surface area contributed by atoms with Gasteiger partial charge in [-0.3, -0.25) is 4.98 Å². The Labute approximate surface area is 135 Å². The van der Waals surface area contributed by atoms with Crippen LogP contribution in [-0.2, 0) is 0 Å². The van der Waals surface area contributed by atoms with E-state index in [-0.39, 0.29) is 0 Å². The second-order valence-electron chi connectivity index (χ2n) is 6.09. The maximum absolute atomic E-state index is 6.24. The van der Waals surface area contributed by atoms with Crippen LogP contribution in [0.25, 0.3) is 10.8 Å². The standard InChI is InChI=1S/C18H22BrNO/c1-3-13-4-7-15(8-5-13)21-17-9-6-14-10-12(2)20-11-16(14)18(17)19/h6,9-11,13,15H,3-5,7-8H2,1-2H3/t13-,15+. The number of hydrogen-bond acceptors (Lipinski definition) is 2. The van der Waals surface area contributed by atoms with Crippen LogP contribution in [0.5, 0.6) is 5.75 Å². The smallest absolute Gasteiger partial charge is 0.134 e. The van der Waals surface area contributed by atoms with Crippen LogP contribution in [0.3, 0.4) is 0 Å². The fourth-order valence-corrected chi connectivity index (χ4v) is 3.76. The lowest BCUT2D eigenvalue weighted by Crippen LogP contribution is -2.24. The summed E-state index contributed by atoms with van der Waals surface area (Å²) >= 11 is 3.69. The molecule has 1 saturated carbocycles. The number of hydrogen-bond donors (Lipinski definition) is 0. The number of aryl methyl sites for hydroxylation is 1. The number of rotatable bonds is 3. The van der Waals surface area contributed by atoms with E-state index in [9.17, 15) is 0 Å². The third kappa shape index (κ3) is 3.23. The number of ether oxygens (including phenoxy) is 1. The minimum absolute atomic E-state index is 0.361. The molecule has 21 heavy (non-hydrogen) atoms. The Morgan fingerprint density at radius 1 is 1.24 bits per heavy atom. The van der Waals surface area contributed by atoms with Crippen LogP contribution in [0.2, 0.25) is 0 Å². The monoisotopic (exact) mass is 347 g/mol. The van der Waals surface area contributed by atoms with Crippen molar-refractivity contribution in [1.82, 2.24) is 4.98 Å². The summed E-state index contributed by atoms with van der Waals surface area (Å²) in [4.78, 5) is 4.39. The lowest BCUT2D eigenvalue weighted by molar-refractivity contribution is 0.129. The summed E-state index contributed by atoms with van der Waals surface area (Å²) in [5, 5.41) is 2.33. The first-order valence-corrected chi connectivity index (χ1v) is 8.68. The van der Waals surface area contributed by atoms with Gasteiger partial charge in [-0.25, -0.2) is 0 Å². The molecule has 0 saturated heterocycles. The minimum Gasteiger partial charge on any atom is -0.489 e. The molecule has 112 valence electrons. The summed E-state index contributed by atoms with van der Waals surface area (Å²) in [7, 11) is 0. The second kappa shape index (κ2) is 6.35. The maximum atomic E-state index is 6.24. The maximum Gasteiger partial charge on any atom is 0.134 e. The Bertz CT molecular complexity index is 632. The van der Waals surface area contributed by atoms with Crippen molar-refractivity contribution in [3.63, 3.8) is 0 Å². The predicted molar refractivity (Wildman–Crippen MR) is 90.8 cm³/mol. The Balaban J connectivity index is 1.78. The third-order valence-corrected chi connectivity index (χ3v) is 5.42. The Hall–Kier alpha value is -1.09. The SMILES string of the molecule is CC[C@H]1CC[C@@H](Oc2ccc3cc(C)ncc3c2Br)CC1. The molecule has 0 bridgehead atoms. The van der Waals surface area contributed by atoms with E-state index in [0.29, 0.717) is 6.10 Å². The molecule has 1 aromatic carbocycles. The molecular formula is C18H22BrNO. The summed E-state index contributed by atoms with van der Waals surface area (Å²) in [5.41, 5.74) is 1.04. The molecule has 0 amide bonds. The number of halogens is 1. The van der Waals surface area contributed by atoms with E-state index >= 15 is 0 Å². The van der Waals surface area contributed by atoms with E-state index in [4.69, 9.17) is 4.74 Å². The van der Waals surface area contributed by atoms with Gasteiger partial charge >= 0.3 is 0 Å². The average molecular weight is 348 g/mol. The lowest BCUT2D eigenvalue weighted by atomic mass is 9.86. The molecule has 2 aromatic rings. The zero-order chi connectivity index (χ0) is 14.8. The van der Waals surface area contributed by atoms with Gasteiger partial charge in [0.2, 0.25) is 0 Å². The van der Waals surface area contributed by atoms with Crippen molar-refractivity contribution in [3.05, 3.63) is 34.6 Å². The van der Waals surface area contributed by atoms with Crippen LogP contribution in [0.1, 0.15) is 44.7 Å². The molecule has 0 spiro atoms. The highest BCUT2D eigenvalue weighted by Crippen LogP contribution is 2.36. The van der Waals surface area contributed by atoms with E-state index in [1.165, 1.54) is 37.5 Å². The average Bonchev–Trinajstić information content (AvgIpc) is 2.51. The van der Waals surface area contributed by atoms with Crippen LogP contribution in [0, 0.1) is 12.8 Å². The Morgan fingerprint density at radius 2 is 2.00 bits per heavy atom. The number of aromatic nitrogens is 1. The van der Waals surface area contributed by atoms with Crippen molar-refractivity contribution in [3.8, 4) is 5.75 Å². The number of nitrogens with zero attached hydrogens (tertiary/aromatic N) is 1. The zero-order valence-corrected chi connectivity index (χ0v) is 14.3. The van der Waals surface area contributed by atoms with Gasteiger partial charge in [-0.05, 0) is 72.0 Å². The Kier molecular flexibility index (Phi) is 4.48. The van der Waals surface area contributed by atoms with Gasteiger partial charge in [0.05, 0.1) is 10.6 Å². The van der Waals surface area contributed by atoms with E-state index in [1.807, 2.05) is 13.1 Å². The molecule has 0 N–H and O–H groups in total. The largest absolute Gasteiger partial charge is 0.489 e. The van der Waals surface area contributed by atoms with Crippen LogP contribution in [0.15, 0.2) is 28.9 Å². The third-order valence-electron chi connectivity index (χ3n) is 4.60. The molecule has 2 nitrogen and oxygen atoms in total. The van der Waals surface area contributed by atoms with Crippen molar-refractivity contribution in [2.75, 3.05) is 0 Å². The number of benzene rings is 1. The van der Waals surface area contributed by atoms with E-state index in [1.54, 1.807) is 0 Å². The second-order valence-corrected chi connectivity index (χ2v) is 6.89. The predicted octanol–water partition coefficient (Wildman–Crippen LogP) is 5.65. The van der Waals surface area contributed by atoms with Gasteiger partial charge in [-0.1, -0.05) is 19.4 Å². The van der Waals surface area contributed by atoms with Crippen molar-refractivity contribution >= 4 is 26.7 Å². The summed E-state index contributed by atoms with van der Waals surface area (Å²) in [6.45, 7) is 4.31. The molecule has 1 aliphatic carbocycles. The van der Waals surface area contributed by atoms with E-state index in [0.717, 1.165) is 27.2 Å². The van der Waals surface area contributed by atoms with Gasteiger partial charge < -0.3 is 4.74 Å². The summed E-state index contributed by atoms with van der Waals surface area (Å²) < 4.78 is 7.28. The van der Waals surface area contributed by atoms with Crippen molar-refractivity contribution in [2.45, 2.75) is 52.1 Å².